The molecule has 1 aromatic carbocycles. The van der Waals surface area contributed by atoms with Crippen molar-refractivity contribution < 1.29 is 13.5 Å². The summed E-state index contributed by atoms with van der Waals surface area (Å²) in [6, 6.07) is 6.84. The number of ether oxygens (including phenoxy) is 1. The highest BCUT2D eigenvalue weighted by Gasteiger charge is 2.21. The van der Waals surface area contributed by atoms with Gasteiger partial charge in [0.15, 0.2) is 5.65 Å². The summed E-state index contributed by atoms with van der Waals surface area (Å²) in [6.45, 7) is 1.00. The molecule has 3 aromatic rings. The van der Waals surface area contributed by atoms with Gasteiger partial charge in [0.1, 0.15) is 5.75 Å². The molecular weight excluding hydrogens is 288 g/mol. The minimum Gasteiger partial charge on any atom is -0.435 e. The molecule has 0 fully saturated rings. The number of alkyl halides is 2. The van der Waals surface area contributed by atoms with Gasteiger partial charge in [0.2, 0.25) is 0 Å². The number of aromatic nitrogens is 3. The molecule has 0 amide bonds. The topological polar surface area (TPSA) is 39.4 Å². The SMILES string of the molecule is Cc1nc2cnccn2c1C(C)c1ccccc1OC(F)F. The van der Waals surface area contributed by atoms with Crippen molar-refractivity contribution in [1.29, 1.82) is 0 Å². The van der Waals surface area contributed by atoms with Crippen LogP contribution in [-0.2, 0) is 0 Å². The minimum atomic E-state index is -2.85. The van der Waals surface area contributed by atoms with Crippen molar-refractivity contribution in [2.24, 2.45) is 0 Å². The lowest BCUT2D eigenvalue weighted by atomic mass is 9.95. The fraction of sp³-hybridized carbons (Fsp3) is 0.250. The van der Waals surface area contributed by atoms with E-state index in [4.69, 9.17) is 0 Å². The Balaban J connectivity index is 2.10. The summed E-state index contributed by atoms with van der Waals surface area (Å²) in [7, 11) is 0. The first kappa shape index (κ1) is 14.4. The Hall–Kier alpha value is -2.50. The molecule has 1 atom stereocenters. The van der Waals surface area contributed by atoms with Crippen LogP contribution < -0.4 is 4.74 Å². The van der Waals surface area contributed by atoms with Crippen molar-refractivity contribution in [1.82, 2.24) is 14.4 Å². The van der Waals surface area contributed by atoms with Gasteiger partial charge in [-0.15, -0.1) is 0 Å². The molecule has 0 spiro atoms. The summed E-state index contributed by atoms with van der Waals surface area (Å²) in [5.74, 6) is 0.0424. The quantitative estimate of drug-likeness (QED) is 0.736. The molecule has 6 heteroatoms. The Morgan fingerprint density at radius 1 is 1.23 bits per heavy atom. The van der Waals surface area contributed by atoms with Crippen molar-refractivity contribution in [2.75, 3.05) is 0 Å². The summed E-state index contributed by atoms with van der Waals surface area (Å²) in [5.41, 5.74) is 3.20. The summed E-state index contributed by atoms with van der Waals surface area (Å²) in [6.07, 6.45) is 5.16. The summed E-state index contributed by atoms with van der Waals surface area (Å²) in [4.78, 5) is 8.51. The number of halogens is 2. The second-order valence-electron chi connectivity index (χ2n) is 5.02. The third kappa shape index (κ3) is 2.52. The van der Waals surface area contributed by atoms with E-state index in [2.05, 4.69) is 14.7 Å². The lowest BCUT2D eigenvalue weighted by Gasteiger charge is -2.17. The fourth-order valence-electron chi connectivity index (χ4n) is 2.75. The zero-order chi connectivity index (χ0) is 15.7. The molecule has 0 bridgehead atoms. The number of aryl methyl sites for hydroxylation is 1. The third-order valence-corrected chi connectivity index (χ3v) is 3.66. The van der Waals surface area contributed by atoms with Crippen LogP contribution in [0.15, 0.2) is 42.9 Å². The standard InChI is InChI=1S/C16H15F2N3O/c1-10(12-5-3-4-6-13(12)22-16(17)18)15-11(2)20-14-9-19-7-8-21(14)15/h3-10,16H,1-2H3. The molecule has 0 saturated carbocycles. The number of fused-ring (bicyclic) bond motifs is 1. The predicted molar refractivity (Wildman–Crippen MR) is 78.3 cm³/mol. The van der Waals surface area contributed by atoms with Crippen LogP contribution in [0.2, 0.25) is 0 Å². The van der Waals surface area contributed by atoms with Crippen LogP contribution in [0.25, 0.3) is 5.65 Å². The van der Waals surface area contributed by atoms with Crippen molar-refractivity contribution in [3.8, 4) is 5.75 Å². The molecular formula is C16H15F2N3O. The molecule has 0 aliphatic rings. The lowest BCUT2D eigenvalue weighted by Crippen LogP contribution is -2.08. The number of hydrogen-bond acceptors (Lipinski definition) is 3. The Morgan fingerprint density at radius 3 is 2.77 bits per heavy atom. The second kappa shape index (κ2) is 5.71. The smallest absolute Gasteiger partial charge is 0.387 e. The van der Waals surface area contributed by atoms with E-state index in [0.717, 1.165) is 17.0 Å². The van der Waals surface area contributed by atoms with E-state index in [1.807, 2.05) is 30.5 Å². The monoisotopic (exact) mass is 303 g/mol. The van der Waals surface area contributed by atoms with Crippen molar-refractivity contribution in [2.45, 2.75) is 26.4 Å². The maximum absolute atomic E-state index is 12.6. The number of imidazole rings is 1. The average molecular weight is 303 g/mol. The van der Waals surface area contributed by atoms with Gasteiger partial charge in [-0.1, -0.05) is 25.1 Å². The van der Waals surface area contributed by atoms with Gasteiger partial charge in [0.05, 0.1) is 17.6 Å². The molecule has 0 radical (unpaired) electrons. The second-order valence-corrected chi connectivity index (χ2v) is 5.02. The van der Waals surface area contributed by atoms with Gasteiger partial charge in [0, 0.05) is 23.9 Å². The van der Waals surface area contributed by atoms with Crippen molar-refractivity contribution in [3.05, 3.63) is 59.8 Å². The maximum Gasteiger partial charge on any atom is 0.387 e. The fourth-order valence-corrected chi connectivity index (χ4v) is 2.75. The van der Waals surface area contributed by atoms with Gasteiger partial charge in [-0.3, -0.25) is 4.98 Å². The van der Waals surface area contributed by atoms with Crippen LogP contribution in [0.4, 0.5) is 8.78 Å². The predicted octanol–water partition coefficient (Wildman–Crippen LogP) is 3.79. The van der Waals surface area contributed by atoms with Crippen molar-refractivity contribution in [3.63, 3.8) is 0 Å². The first-order chi connectivity index (χ1) is 10.6. The number of para-hydroxylation sites is 1. The van der Waals surface area contributed by atoms with E-state index in [0.29, 0.717) is 5.56 Å². The van der Waals surface area contributed by atoms with Crippen LogP contribution in [-0.4, -0.2) is 21.0 Å². The minimum absolute atomic E-state index is 0.146. The van der Waals surface area contributed by atoms with E-state index in [9.17, 15) is 8.78 Å². The van der Waals surface area contributed by atoms with E-state index in [1.165, 1.54) is 0 Å². The van der Waals surface area contributed by atoms with E-state index < -0.39 is 6.61 Å². The Labute approximate surface area is 126 Å². The number of benzene rings is 1. The molecule has 4 nitrogen and oxygen atoms in total. The molecule has 114 valence electrons. The van der Waals surface area contributed by atoms with E-state index in [-0.39, 0.29) is 11.7 Å². The summed E-state index contributed by atoms with van der Waals surface area (Å²) >= 11 is 0. The molecule has 0 aliphatic heterocycles. The van der Waals surface area contributed by atoms with Crippen molar-refractivity contribution >= 4 is 5.65 Å². The molecule has 1 unspecified atom stereocenters. The van der Waals surface area contributed by atoms with Crippen LogP contribution in [0.3, 0.4) is 0 Å². The lowest BCUT2D eigenvalue weighted by molar-refractivity contribution is -0.0505. The first-order valence-electron chi connectivity index (χ1n) is 6.90. The molecule has 0 N–H and O–H groups in total. The highest BCUT2D eigenvalue weighted by atomic mass is 19.3. The average Bonchev–Trinajstić information content (AvgIpc) is 2.82. The summed E-state index contributed by atoms with van der Waals surface area (Å²) < 4.78 is 31.7. The van der Waals surface area contributed by atoms with Gasteiger partial charge in [-0.05, 0) is 13.0 Å². The number of hydrogen-bond donors (Lipinski definition) is 0. The van der Waals surface area contributed by atoms with Crippen LogP contribution >= 0.6 is 0 Å². The molecule has 0 saturated heterocycles. The summed E-state index contributed by atoms with van der Waals surface area (Å²) in [5, 5.41) is 0. The maximum atomic E-state index is 12.6. The number of rotatable bonds is 4. The highest BCUT2D eigenvalue weighted by Crippen LogP contribution is 2.34. The number of nitrogens with zero attached hydrogens (tertiary/aromatic N) is 3. The van der Waals surface area contributed by atoms with Crippen LogP contribution in [0.5, 0.6) is 5.75 Å². The Morgan fingerprint density at radius 2 is 2.00 bits per heavy atom. The van der Waals surface area contributed by atoms with Gasteiger partial charge < -0.3 is 9.14 Å². The Kier molecular flexibility index (Phi) is 3.75. The zero-order valence-electron chi connectivity index (χ0n) is 12.2. The zero-order valence-corrected chi connectivity index (χ0v) is 12.2. The molecule has 0 aliphatic carbocycles. The molecule has 2 heterocycles. The van der Waals surface area contributed by atoms with Gasteiger partial charge in [-0.2, -0.15) is 8.78 Å². The van der Waals surface area contributed by atoms with Gasteiger partial charge in [0.25, 0.3) is 0 Å². The largest absolute Gasteiger partial charge is 0.435 e. The van der Waals surface area contributed by atoms with Gasteiger partial charge in [-0.25, -0.2) is 4.98 Å². The van der Waals surface area contributed by atoms with E-state index in [1.54, 1.807) is 30.6 Å². The normalized spacial score (nSPS) is 12.8. The van der Waals surface area contributed by atoms with Crippen LogP contribution in [0, 0.1) is 6.92 Å². The van der Waals surface area contributed by atoms with Gasteiger partial charge >= 0.3 is 6.61 Å². The van der Waals surface area contributed by atoms with Crippen LogP contribution in [0.1, 0.15) is 29.8 Å². The Bertz CT molecular complexity index is 801. The highest BCUT2D eigenvalue weighted by molar-refractivity contribution is 5.47. The third-order valence-electron chi connectivity index (χ3n) is 3.66. The molecule has 2 aromatic heterocycles. The molecule has 22 heavy (non-hydrogen) atoms. The molecule has 3 rings (SSSR count). The van der Waals surface area contributed by atoms with E-state index >= 15 is 0 Å². The first-order valence-corrected chi connectivity index (χ1v) is 6.90.